The van der Waals surface area contributed by atoms with E-state index in [2.05, 4.69) is 15.3 Å². The number of aliphatic carboxylic acids is 1. The van der Waals surface area contributed by atoms with Gasteiger partial charge >= 0.3 is 5.97 Å². The predicted molar refractivity (Wildman–Crippen MR) is 63.8 cm³/mol. The first kappa shape index (κ1) is 11.4. The molecule has 0 bridgehead atoms. The first-order valence-electron chi connectivity index (χ1n) is 5.32. The number of carboxylic acid groups (broad SMARTS) is 1. The molecule has 2 rings (SSSR count). The summed E-state index contributed by atoms with van der Waals surface area (Å²) in [7, 11) is 1.90. The monoisotopic (exact) mass is 234 g/mol. The molecule has 6 nitrogen and oxygen atoms in total. The van der Waals surface area contributed by atoms with Gasteiger partial charge in [0.1, 0.15) is 5.52 Å². The second kappa shape index (κ2) is 4.40. The van der Waals surface area contributed by atoms with E-state index in [1.54, 1.807) is 19.4 Å². The highest BCUT2D eigenvalue weighted by Crippen LogP contribution is 2.18. The molecule has 0 aliphatic rings. The molecule has 2 aromatic rings. The van der Waals surface area contributed by atoms with Crippen LogP contribution in [0.5, 0.6) is 0 Å². The van der Waals surface area contributed by atoms with Crippen molar-refractivity contribution in [1.82, 2.24) is 14.5 Å². The molecule has 2 aromatic heterocycles. The third-order valence-electron chi connectivity index (χ3n) is 2.64. The number of imidazole rings is 1. The minimum absolute atomic E-state index is 0.331. The smallest absolute Gasteiger partial charge is 0.308 e. The standard InChI is InChI=1S/C11H14N4O2/c1-7(11(16)17)5-13-10-9-8(3-4-12-10)15(2)6-14-9/h3-4,6-7H,5H2,1-2H3,(H,12,13)(H,16,17). The Hall–Kier alpha value is -2.11. The Kier molecular flexibility index (Phi) is 2.95. The highest BCUT2D eigenvalue weighted by Gasteiger charge is 2.12. The number of pyridine rings is 1. The van der Waals surface area contributed by atoms with Gasteiger partial charge in [0.15, 0.2) is 5.82 Å². The SMILES string of the molecule is CC(CNc1nccc2c1ncn2C)C(=O)O. The minimum atomic E-state index is -0.828. The third-order valence-corrected chi connectivity index (χ3v) is 2.64. The lowest BCUT2D eigenvalue weighted by atomic mass is 10.2. The maximum Gasteiger partial charge on any atom is 0.308 e. The lowest BCUT2D eigenvalue weighted by Gasteiger charge is -2.09. The van der Waals surface area contributed by atoms with Crippen molar-refractivity contribution in [3.63, 3.8) is 0 Å². The summed E-state index contributed by atoms with van der Waals surface area (Å²) in [5.74, 6) is -0.669. The number of anilines is 1. The van der Waals surface area contributed by atoms with Gasteiger partial charge < -0.3 is 15.0 Å². The number of aryl methyl sites for hydroxylation is 1. The molecule has 0 radical (unpaired) electrons. The van der Waals surface area contributed by atoms with Crippen LogP contribution in [0.4, 0.5) is 5.82 Å². The van der Waals surface area contributed by atoms with Gasteiger partial charge in [-0.05, 0) is 6.07 Å². The Bertz CT molecular complexity index is 549. The van der Waals surface area contributed by atoms with Gasteiger partial charge in [0.25, 0.3) is 0 Å². The zero-order valence-electron chi connectivity index (χ0n) is 9.71. The molecule has 0 fully saturated rings. The van der Waals surface area contributed by atoms with Gasteiger partial charge in [-0.25, -0.2) is 9.97 Å². The van der Waals surface area contributed by atoms with Crippen molar-refractivity contribution in [2.75, 3.05) is 11.9 Å². The highest BCUT2D eigenvalue weighted by atomic mass is 16.4. The van der Waals surface area contributed by atoms with Crippen LogP contribution < -0.4 is 5.32 Å². The fourth-order valence-corrected chi connectivity index (χ4v) is 1.53. The van der Waals surface area contributed by atoms with E-state index >= 15 is 0 Å². The van der Waals surface area contributed by atoms with Crippen LogP contribution in [0.1, 0.15) is 6.92 Å². The van der Waals surface area contributed by atoms with Crippen LogP contribution in [0, 0.1) is 5.92 Å². The molecule has 17 heavy (non-hydrogen) atoms. The minimum Gasteiger partial charge on any atom is -0.481 e. The summed E-state index contributed by atoms with van der Waals surface area (Å²) in [4.78, 5) is 19.1. The zero-order valence-corrected chi connectivity index (χ0v) is 9.71. The third kappa shape index (κ3) is 2.20. The van der Waals surface area contributed by atoms with E-state index in [1.807, 2.05) is 17.7 Å². The van der Waals surface area contributed by atoms with Crippen LogP contribution in [0.25, 0.3) is 11.0 Å². The summed E-state index contributed by atoms with van der Waals surface area (Å²) in [6, 6.07) is 1.87. The van der Waals surface area contributed by atoms with Crippen molar-refractivity contribution in [1.29, 1.82) is 0 Å². The number of aromatic nitrogens is 3. The molecular formula is C11H14N4O2. The summed E-state index contributed by atoms with van der Waals surface area (Å²) < 4.78 is 1.89. The van der Waals surface area contributed by atoms with E-state index in [4.69, 9.17) is 5.11 Å². The van der Waals surface area contributed by atoms with Crippen LogP contribution in [0.15, 0.2) is 18.6 Å². The van der Waals surface area contributed by atoms with E-state index in [-0.39, 0.29) is 0 Å². The molecule has 0 aliphatic carbocycles. The number of nitrogens with zero attached hydrogens (tertiary/aromatic N) is 3. The summed E-state index contributed by atoms with van der Waals surface area (Å²) in [6.07, 6.45) is 3.38. The summed E-state index contributed by atoms with van der Waals surface area (Å²) in [6.45, 7) is 1.98. The molecule has 1 atom stereocenters. The molecule has 2 N–H and O–H groups in total. The number of fused-ring (bicyclic) bond motifs is 1. The Morgan fingerprint density at radius 3 is 3.06 bits per heavy atom. The van der Waals surface area contributed by atoms with E-state index in [1.165, 1.54) is 0 Å². The average Bonchev–Trinajstić information content (AvgIpc) is 2.69. The zero-order chi connectivity index (χ0) is 12.4. The molecule has 90 valence electrons. The Morgan fingerprint density at radius 2 is 2.35 bits per heavy atom. The Balaban J connectivity index is 2.21. The molecule has 6 heteroatoms. The van der Waals surface area contributed by atoms with Gasteiger partial charge in [-0.2, -0.15) is 0 Å². The van der Waals surface area contributed by atoms with Crippen LogP contribution in [0.3, 0.4) is 0 Å². The molecule has 0 spiro atoms. The number of carbonyl (C=O) groups is 1. The summed E-state index contributed by atoms with van der Waals surface area (Å²) >= 11 is 0. The van der Waals surface area contributed by atoms with Crippen LogP contribution >= 0.6 is 0 Å². The van der Waals surface area contributed by atoms with E-state index in [0.29, 0.717) is 12.4 Å². The van der Waals surface area contributed by atoms with Gasteiger partial charge in [0.2, 0.25) is 0 Å². The van der Waals surface area contributed by atoms with Crippen molar-refractivity contribution in [3.8, 4) is 0 Å². The van der Waals surface area contributed by atoms with Gasteiger partial charge in [-0.3, -0.25) is 4.79 Å². The largest absolute Gasteiger partial charge is 0.481 e. The molecule has 0 aromatic carbocycles. The number of nitrogens with one attached hydrogen (secondary N) is 1. The topological polar surface area (TPSA) is 80.0 Å². The number of hydrogen-bond acceptors (Lipinski definition) is 4. The average molecular weight is 234 g/mol. The maximum absolute atomic E-state index is 10.7. The summed E-state index contributed by atoms with van der Waals surface area (Å²) in [5, 5.41) is 11.8. The molecule has 0 amide bonds. The quantitative estimate of drug-likeness (QED) is 0.828. The fourth-order valence-electron chi connectivity index (χ4n) is 1.53. The number of rotatable bonds is 4. The summed E-state index contributed by atoms with van der Waals surface area (Å²) in [5.41, 5.74) is 1.72. The van der Waals surface area contributed by atoms with Crippen molar-refractivity contribution in [3.05, 3.63) is 18.6 Å². The predicted octanol–water partition coefficient (Wildman–Crippen LogP) is 1.10. The van der Waals surface area contributed by atoms with Crippen molar-refractivity contribution in [2.24, 2.45) is 13.0 Å². The van der Waals surface area contributed by atoms with Crippen molar-refractivity contribution in [2.45, 2.75) is 6.92 Å². The van der Waals surface area contributed by atoms with Crippen molar-refractivity contribution < 1.29 is 9.90 Å². The van der Waals surface area contributed by atoms with Crippen molar-refractivity contribution >= 4 is 22.8 Å². The van der Waals surface area contributed by atoms with Gasteiger partial charge in [-0.1, -0.05) is 6.92 Å². The van der Waals surface area contributed by atoms with Gasteiger partial charge in [-0.15, -0.1) is 0 Å². The normalized spacial score (nSPS) is 12.6. The van der Waals surface area contributed by atoms with E-state index in [0.717, 1.165) is 11.0 Å². The number of hydrogen-bond donors (Lipinski definition) is 2. The lowest BCUT2D eigenvalue weighted by molar-refractivity contribution is -0.140. The van der Waals surface area contributed by atoms with Crippen LogP contribution in [0.2, 0.25) is 0 Å². The highest BCUT2D eigenvalue weighted by molar-refractivity contribution is 5.85. The Labute approximate surface area is 98.3 Å². The molecule has 1 unspecified atom stereocenters. The fraction of sp³-hybridized carbons (Fsp3) is 0.364. The second-order valence-electron chi connectivity index (χ2n) is 4.00. The van der Waals surface area contributed by atoms with Gasteiger partial charge in [0.05, 0.1) is 17.8 Å². The molecule has 0 saturated carbocycles. The maximum atomic E-state index is 10.7. The molecular weight excluding hydrogens is 220 g/mol. The lowest BCUT2D eigenvalue weighted by Crippen LogP contribution is -2.20. The number of carboxylic acids is 1. The first-order valence-corrected chi connectivity index (χ1v) is 5.32. The molecule has 0 saturated heterocycles. The first-order chi connectivity index (χ1) is 8.09. The second-order valence-corrected chi connectivity index (χ2v) is 4.00. The molecule has 2 heterocycles. The molecule has 0 aliphatic heterocycles. The van der Waals surface area contributed by atoms with Gasteiger partial charge in [0, 0.05) is 19.8 Å². The van der Waals surface area contributed by atoms with Crippen LogP contribution in [-0.4, -0.2) is 32.2 Å². The van der Waals surface area contributed by atoms with Crippen LogP contribution in [-0.2, 0) is 11.8 Å². The Morgan fingerprint density at radius 1 is 1.59 bits per heavy atom. The van der Waals surface area contributed by atoms with E-state index < -0.39 is 11.9 Å². The van der Waals surface area contributed by atoms with E-state index in [9.17, 15) is 4.79 Å².